The minimum Gasteiger partial charge on any atom is -0.462 e. The SMILES string of the molecule is CCC(C)CCCCCCCCCCC(=O)OC[C@H](COP(=O)(O)OC[C@@H](O)COP(=O)(O)OC[C@@H](COC(=O)CCCCCCCCC(C)C)OC(=O)CCCCCCCCC(C)CC)OC(=O)CCCCCCCCC(C)C. The largest absolute Gasteiger partial charge is 0.472 e. The Morgan fingerprint density at radius 3 is 0.887 bits per heavy atom. The summed E-state index contributed by atoms with van der Waals surface area (Å²) in [6.07, 6.45) is 29.7. The number of carbonyl (C=O) groups is 4. The number of hydrogen-bond acceptors (Lipinski definition) is 15. The molecule has 17 nitrogen and oxygen atoms in total. The third-order valence-corrected chi connectivity index (χ3v) is 16.4. The summed E-state index contributed by atoms with van der Waals surface area (Å²) in [6, 6.07) is 0. The second kappa shape index (κ2) is 51.5. The molecule has 0 aliphatic carbocycles. The van der Waals surface area contributed by atoms with Gasteiger partial charge in [-0.15, -0.1) is 0 Å². The minimum absolute atomic E-state index is 0.101. The van der Waals surface area contributed by atoms with E-state index in [4.69, 9.17) is 37.0 Å². The fourth-order valence-corrected chi connectivity index (χ4v) is 10.4. The molecule has 0 spiro atoms. The summed E-state index contributed by atoms with van der Waals surface area (Å²) < 4.78 is 67.8. The Kier molecular flexibility index (Phi) is 50.2. The molecule has 0 aliphatic heterocycles. The van der Waals surface area contributed by atoms with Gasteiger partial charge in [-0.1, -0.05) is 235 Å². The van der Waals surface area contributed by atoms with Gasteiger partial charge in [0, 0.05) is 25.7 Å². The van der Waals surface area contributed by atoms with Gasteiger partial charge in [0.1, 0.15) is 19.3 Å². The average molecular weight is 1190 g/mol. The maximum absolute atomic E-state index is 12.9. The molecule has 0 fully saturated rings. The molecule has 0 radical (unpaired) electrons. The maximum atomic E-state index is 12.9. The van der Waals surface area contributed by atoms with E-state index in [9.17, 15) is 43.2 Å². The number of carbonyl (C=O) groups excluding carboxylic acids is 4. The van der Waals surface area contributed by atoms with Crippen LogP contribution in [0.2, 0.25) is 0 Å². The van der Waals surface area contributed by atoms with Crippen LogP contribution in [-0.4, -0.2) is 96.7 Å². The van der Waals surface area contributed by atoms with Crippen LogP contribution < -0.4 is 0 Å². The normalized spacial score (nSPS) is 15.2. The van der Waals surface area contributed by atoms with E-state index in [0.29, 0.717) is 37.5 Å². The van der Waals surface area contributed by atoms with E-state index in [0.717, 1.165) is 108 Å². The van der Waals surface area contributed by atoms with E-state index in [2.05, 4.69) is 55.4 Å². The van der Waals surface area contributed by atoms with Gasteiger partial charge in [-0.05, 0) is 49.4 Å². The topological polar surface area (TPSA) is 237 Å². The van der Waals surface area contributed by atoms with Gasteiger partial charge >= 0.3 is 39.5 Å². The summed E-state index contributed by atoms with van der Waals surface area (Å²) >= 11 is 0. The van der Waals surface area contributed by atoms with E-state index < -0.39 is 97.5 Å². The molecule has 0 heterocycles. The van der Waals surface area contributed by atoms with Crippen LogP contribution in [-0.2, 0) is 65.4 Å². The first-order valence-corrected chi connectivity index (χ1v) is 34.8. The molecule has 0 saturated heterocycles. The Hall–Kier alpha value is -1.94. The molecule has 0 saturated carbocycles. The van der Waals surface area contributed by atoms with Crippen LogP contribution in [0.5, 0.6) is 0 Å². The molecule has 3 N–H and O–H groups in total. The van der Waals surface area contributed by atoms with Crippen LogP contribution in [0.1, 0.15) is 287 Å². The van der Waals surface area contributed by atoms with E-state index in [1.54, 1.807) is 0 Å². The lowest BCUT2D eigenvalue weighted by Gasteiger charge is -2.21. The van der Waals surface area contributed by atoms with Crippen molar-refractivity contribution < 1.29 is 80.2 Å². The Balaban J connectivity index is 5.24. The number of aliphatic hydroxyl groups is 1. The van der Waals surface area contributed by atoms with Crippen molar-refractivity contribution in [3.63, 3.8) is 0 Å². The molecule has 0 aromatic heterocycles. The van der Waals surface area contributed by atoms with Gasteiger partial charge in [0.05, 0.1) is 26.4 Å². The Labute approximate surface area is 486 Å². The average Bonchev–Trinajstić information content (AvgIpc) is 3.41. The molecule has 0 rings (SSSR count). The van der Waals surface area contributed by atoms with Gasteiger partial charge in [0.2, 0.25) is 0 Å². The molecule has 0 aromatic carbocycles. The van der Waals surface area contributed by atoms with Gasteiger partial charge in [-0.25, -0.2) is 9.13 Å². The van der Waals surface area contributed by atoms with Crippen LogP contribution in [0.15, 0.2) is 0 Å². The summed E-state index contributed by atoms with van der Waals surface area (Å²) in [5.41, 5.74) is 0. The van der Waals surface area contributed by atoms with E-state index in [1.165, 1.54) is 83.5 Å². The van der Waals surface area contributed by atoms with Crippen molar-refractivity contribution in [1.29, 1.82) is 0 Å². The number of unbranched alkanes of at least 4 members (excludes halogenated alkanes) is 22. The van der Waals surface area contributed by atoms with E-state index >= 15 is 0 Å². The Morgan fingerprint density at radius 1 is 0.350 bits per heavy atom. The van der Waals surface area contributed by atoms with Crippen molar-refractivity contribution in [2.24, 2.45) is 23.7 Å². The first kappa shape index (κ1) is 78.1. The van der Waals surface area contributed by atoms with Gasteiger partial charge in [0.25, 0.3) is 0 Å². The lowest BCUT2D eigenvalue weighted by atomic mass is 9.99. The fraction of sp³-hybridized carbons (Fsp3) is 0.934. The molecule has 0 aromatic rings. The smallest absolute Gasteiger partial charge is 0.462 e. The second-order valence-electron chi connectivity index (χ2n) is 23.5. The Bertz CT molecular complexity index is 1610. The van der Waals surface area contributed by atoms with Crippen molar-refractivity contribution in [2.45, 2.75) is 305 Å². The monoisotopic (exact) mass is 1180 g/mol. The third-order valence-electron chi connectivity index (χ3n) is 14.5. The van der Waals surface area contributed by atoms with Crippen molar-refractivity contribution in [1.82, 2.24) is 0 Å². The van der Waals surface area contributed by atoms with Crippen LogP contribution in [0.25, 0.3) is 0 Å². The first-order valence-electron chi connectivity index (χ1n) is 31.8. The number of esters is 4. The predicted octanol–water partition coefficient (Wildman–Crippen LogP) is 16.2. The second-order valence-corrected chi connectivity index (χ2v) is 26.4. The molecule has 0 amide bonds. The number of hydrogen-bond donors (Lipinski definition) is 3. The molecular formula is C61H118O17P2. The number of phosphoric acid groups is 2. The predicted molar refractivity (Wildman–Crippen MR) is 317 cm³/mol. The third kappa shape index (κ3) is 52.8. The summed E-state index contributed by atoms with van der Waals surface area (Å²) in [6.45, 7) is 13.8. The van der Waals surface area contributed by atoms with E-state index in [1.807, 2.05) is 0 Å². The van der Waals surface area contributed by atoms with E-state index in [-0.39, 0.29) is 25.7 Å². The van der Waals surface area contributed by atoms with Crippen LogP contribution in [0, 0.1) is 23.7 Å². The zero-order chi connectivity index (χ0) is 59.7. The fourth-order valence-electron chi connectivity index (χ4n) is 8.83. The van der Waals surface area contributed by atoms with Gasteiger partial charge in [0.15, 0.2) is 12.2 Å². The molecule has 0 aliphatic rings. The summed E-state index contributed by atoms with van der Waals surface area (Å²) in [7, 11) is -9.88. The molecule has 0 bridgehead atoms. The number of phosphoric ester groups is 2. The number of aliphatic hydroxyl groups excluding tert-OH is 1. The lowest BCUT2D eigenvalue weighted by molar-refractivity contribution is -0.161. The summed E-state index contributed by atoms with van der Waals surface area (Å²) in [4.78, 5) is 72.0. The molecule has 7 atom stereocenters. The van der Waals surface area contributed by atoms with Crippen LogP contribution >= 0.6 is 15.6 Å². The van der Waals surface area contributed by atoms with Crippen molar-refractivity contribution in [2.75, 3.05) is 39.6 Å². The molecule has 4 unspecified atom stereocenters. The van der Waals surface area contributed by atoms with Gasteiger partial charge in [-0.3, -0.25) is 37.3 Å². The van der Waals surface area contributed by atoms with Gasteiger partial charge < -0.3 is 33.8 Å². The zero-order valence-corrected chi connectivity index (χ0v) is 53.5. The molecule has 474 valence electrons. The van der Waals surface area contributed by atoms with Crippen LogP contribution in [0.4, 0.5) is 0 Å². The lowest BCUT2D eigenvalue weighted by Crippen LogP contribution is -2.30. The van der Waals surface area contributed by atoms with Gasteiger partial charge in [-0.2, -0.15) is 0 Å². The zero-order valence-electron chi connectivity index (χ0n) is 51.7. The number of ether oxygens (including phenoxy) is 4. The maximum Gasteiger partial charge on any atom is 0.472 e. The highest BCUT2D eigenvalue weighted by molar-refractivity contribution is 7.47. The first-order chi connectivity index (χ1) is 38.2. The quantitative estimate of drug-likeness (QED) is 0.0222. The Morgan fingerprint density at radius 2 is 0.600 bits per heavy atom. The van der Waals surface area contributed by atoms with Crippen LogP contribution in [0.3, 0.4) is 0 Å². The summed E-state index contributed by atoms with van der Waals surface area (Å²) in [5.74, 6) is 0.696. The standard InChI is InChI=1S/C61H118O17P2/c1-9-53(7)39-31-23-13-11-12-14-25-33-41-58(63)71-47-56(77-60(65)43-35-27-19-16-22-30-38-52(5)6)49-75-79(67,68)73-45-55(62)46-74-80(69,70)76-50-57(48-72-59(64)42-34-26-18-15-21-29-37-51(3)4)78-61(66)44-36-28-20-17-24-32-40-54(8)10-2/h51-57,62H,9-50H2,1-8H3,(H,67,68)(H,69,70)/t53?,54?,55-,56-,57-/m1/s1. The molecule has 19 heteroatoms. The summed E-state index contributed by atoms with van der Waals surface area (Å²) in [5, 5.41) is 10.5. The van der Waals surface area contributed by atoms with Crippen molar-refractivity contribution in [3.05, 3.63) is 0 Å². The highest BCUT2D eigenvalue weighted by Crippen LogP contribution is 2.45. The highest BCUT2D eigenvalue weighted by atomic mass is 31.2. The van der Waals surface area contributed by atoms with Crippen molar-refractivity contribution >= 4 is 39.5 Å². The highest BCUT2D eigenvalue weighted by Gasteiger charge is 2.30. The number of rotatable bonds is 58. The minimum atomic E-state index is -4.94. The molecular weight excluding hydrogens is 1070 g/mol. The molecule has 80 heavy (non-hydrogen) atoms. The van der Waals surface area contributed by atoms with Crippen molar-refractivity contribution in [3.8, 4) is 0 Å².